The highest BCUT2D eigenvalue weighted by atomic mass is 19.4. The van der Waals surface area contributed by atoms with Crippen LogP contribution in [0.5, 0.6) is 0 Å². The molecule has 0 radical (unpaired) electrons. The van der Waals surface area contributed by atoms with Crippen molar-refractivity contribution < 1.29 is 26.3 Å². The van der Waals surface area contributed by atoms with Gasteiger partial charge in [-0.2, -0.15) is 26.3 Å². The third kappa shape index (κ3) is 4.36. The van der Waals surface area contributed by atoms with E-state index in [4.69, 9.17) is 0 Å². The molecule has 0 saturated carbocycles. The molecule has 3 heterocycles. The molecule has 0 amide bonds. The number of aromatic amines is 1. The monoisotopic (exact) mass is 442 g/mol. The van der Waals surface area contributed by atoms with Gasteiger partial charge in [-0.1, -0.05) is 0 Å². The molecule has 3 aromatic rings. The maximum Gasteiger partial charge on any atom is 0.449 e. The molecule has 0 saturated heterocycles. The number of nitrogens with one attached hydrogen (secondary N) is 1. The zero-order valence-electron chi connectivity index (χ0n) is 15.9. The van der Waals surface area contributed by atoms with Crippen LogP contribution in [0.4, 0.5) is 26.3 Å². The van der Waals surface area contributed by atoms with Crippen LogP contribution in [0, 0.1) is 0 Å². The molecule has 0 spiro atoms. The van der Waals surface area contributed by atoms with Gasteiger partial charge >= 0.3 is 12.4 Å². The lowest BCUT2D eigenvalue weighted by Crippen LogP contribution is -2.37. The maximum absolute atomic E-state index is 12.9. The van der Waals surface area contributed by atoms with Crippen LogP contribution < -0.4 is 5.56 Å². The van der Waals surface area contributed by atoms with E-state index in [1.54, 1.807) is 27.9 Å². The minimum atomic E-state index is -4.73. The highest BCUT2D eigenvalue weighted by Crippen LogP contribution is 2.30. The van der Waals surface area contributed by atoms with Crippen molar-refractivity contribution in [2.75, 3.05) is 6.54 Å². The van der Waals surface area contributed by atoms with Gasteiger partial charge in [0.15, 0.2) is 0 Å². The van der Waals surface area contributed by atoms with Crippen LogP contribution in [0.3, 0.4) is 0 Å². The molecule has 4 rings (SSSR count). The molecule has 0 fully saturated rings. The van der Waals surface area contributed by atoms with E-state index in [0.29, 0.717) is 18.8 Å². The number of rotatable bonds is 3. The lowest BCUT2D eigenvalue weighted by molar-refractivity contribution is -0.145. The Balaban J connectivity index is 1.54. The fourth-order valence-corrected chi connectivity index (χ4v) is 3.59. The second kappa shape index (κ2) is 7.56. The first kappa shape index (κ1) is 21.2. The predicted molar refractivity (Wildman–Crippen MR) is 98.4 cm³/mol. The van der Waals surface area contributed by atoms with Crippen LogP contribution in [0.1, 0.15) is 28.3 Å². The van der Waals surface area contributed by atoms with Crippen LogP contribution in [0.2, 0.25) is 0 Å². The molecule has 11 heteroatoms. The molecule has 1 aliphatic rings. The average Bonchev–Trinajstić information content (AvgIpc) is 3.15. The quantitative estimate of drug-likeness (QED) is 0.620. The van der Waals surface area contributed by atoms with Crippen LogP contribution in [-0.4, -0.2) is 26.0 Å². The molecule has 164 valence electrons. The molecular formula is C20H16F6N4O. The highest BCUT2D eigenvalue weighted by Gasteiger charge is 2.36. The van der Waals surface area contributed by atoms with Crippen molar-refractivity contribution in [3.63, 3.8) is 0 Å². The third-order valence-electron chi connectivity index (χ3n) is 5.11. The van der Waals surface area contributed by atoms with E-state index in [1.807, 2.05) is 4.90 Å². The zero-order chi connectivity index (χ0) is 22.4. The van der Waals surface area contributed by atoms with Crippen molar-refractivity contribution in [1.82, 2.24) is 19.4 Å². The van der Waals surface area contributed by atoms with Gasteiger partial charge in [0.25, 0.3) is 5.56 Å². The molecule has 0 atom stereocenters. The van der Waals surface area contributed by atoms with Gasteiger partial charge in [-0.25, -0.2) is 4.98 Å². The first-order valence-electron chi connectivity index (χ1n) is 9.28. The SMILES string of the molecule is O=c1[nH]c(C(F)(F)F)nc2c1CN(Cc1cccn1-c1ccc(C(F)(F)F)cc1)CC2. The Kier molecular flexibility index (Phi) is 5.16. The van der Waals surface area contributed by atoms with Gasteiger partial charge in [-0.05, 0) is 36.4 Å². The van der Waals surface area contributed by atoms with Crippen molar-refractivity contribution in [2.24, 2.45) is 0 Å². The van der Waals surface area contributed by atoms with E-state index >= 15 is 0 Å². The highest BCUT2D eigenvalue weighted by molar-refractivity contribution is 5.38. The fraction of sp³-hybridized carbons (Fsp3) is 0.300. The molecule has 0 unspecified atom stereocenters. The van der Waals surface area contributed by atoms with E-state index in [9.17, 15) is 31.1 Å². The van der Waals surface area contributed by atoms with Crippen molar-refractivity contribution in [3.05, 3.63) is 81.3 Å². The Morgan fingerprint density at radius 2 is 1.71 bits per heavy atom. The predicted octanol–water partition coefficient (Wildman–Crippen LogP) is 4.16. The van der Waals surface area contributed by atoms with Crippen molar-refractivity contribution in [2.45, 2.75) is 31.9 Å². The number of aromatic nitrogens is 3. The molecule has 0 bridgehead atoms. The fourth-order valence-electron chi connectivity index (χ4n) is 3.59. The van der Waals surface area contributed by atoms with Crippen molar-refractivity contribution in [3.8, 4) is 5.69 Å². The lowest BCUT2D eigenvalue weighted by atomic mass is 10.1. The molecule has 5 nitrogen and oxygen atoms in total. The van der Waals surface area contributed by atoms with Crippen LogP contribution >= 0.6 is 0 Å². The Morgan fingerprint density at radius 1 is 1.00 bits per heavy atom. The van der Waals surface area contributed by atoms with Gasteiger partial charge in [0, 0.05) is 43.6 Å². The molecule has 1 aromatic carbocycles. The normalized spacial score (nSPS) is 15.2. The van der Waals surface area contributed by atoms with Gasteiger partial charge in [0.1, 0.15) is 0 Å². The summed E-state index contributed by atoms with van der Waals surface area (Å²) in [4.78, 5) is 19.4. The summed E-state index contributed by atoms with van der Waals surface area (Å²) in [6.45, 7) is 0.862. The largest absolute Gasteiger partial charge is 0.449 e. The number of H-pyrrole nitrogens is 1. The smallest absolute Gasteiger partial charge is 0.320 e. The minimum absolute atomic E-state index is 0.119. The minimum Gasteiger partial charge on any atom is -0.320 e. The molecule has 0 aliphatic carbocycles. The van der Waals surface area contributed by atoms with Gasteiger partial charge in [-0.3, -0.25) is 9.69 Å². The van der Waals surface area contributed by atoms with Crippen LogP contribution in [-0.2, 0) is 31.9 Å². The van der Waals surface area contributed by atoms with Crippen molar-refractivity contribution >= 4 is 0 Å². The first-order chi connectivity index (χ1) is 14.5. The summed E-state index contributed by atoms with van der Waals surface area (Å²) < 4.78 is 78.6. The number of benzene rings is 1. The van der Waals surface area contributed by atoms with Crippen LogP contribution in [0.25, 0.3) is 5.69 Å². The van der Waals surface area contributed by atoms with Gasteiger partial charge in [0.05, 0.1) is 16.8 Å². The van der Waals surface area contributed by atoms with Gasteiger partial charge in [0.2, 0.25) is 5.82 Å². The number of alkyl halides is 6. The number of halogens is 6. The topological polar surface area (TPSA) is 53.9 Å². The maximum atomic E-state index is 12.9. The lowest BCUT2D eigenvalue weighted by Gasteiger charge is -2.28. The summed E-state index contributed by atoms with van der Waals surface area (Å²) in [7, 11) is 0. The zero-order valence-corrected chi connectivity index (χ0v) is 15.9. The average molecular weight is 442 g/mol. The molecular weight excluding hydrogens is 426 g/mol. The number of hydrogen-bond donors (Lipinski definition) is 1. The van der Waals surface area contributed by atoms with E-state index in [1.165, 1.54) is 12.1 Å². The second-order valence-electron chi connectivity index (χ2n) is 7.21. The van der Waals surface area contributed by atoms with E-state index < -0.39 is 29.3 Å². The van der Waals surface area contributed by atoms with Crippen LogP contribution in [0.15, 0.2) is 47.4 Å². The molecule has 2 aromatic heterocycles. The number of hydrogen-bond acceptors (Lipinski definition) is 3. The third-order valence-corrected chi connectivity index (χ3v) is 5.11. The van der Waals surface area contributed by atoms with E-state index in [-0.39, 0.29) is 24.2 Å². The van der Waals surface area contributed by atoms with E-state index in [0.717, 1.165) is 17.8 Å². The Morgan fingerprint density at radius 3 is 2.35 bits per heavy atom. The number of fused-ring (bicyclic) bond motifs is 1. The molecule has 1 aliphatic heterocycles. The summed E-state index contributed by atoms with van der Waals surface area (Å²) in [5.74, 6) is -1.30. The van der Waals surface area contributed by atoms with Gasteiger partial charge < -0.3 is 9.55 Å². The number of nitrogens with zero attached hydrogens (tertiary/aromatic N) is 3. The Bertz CT molecular complexity index is 1140. The summed E-state index contributed by atoms with van der Waals surface area (Å²) in [6, 6.07) is 8.27. The molecule has 31 heavy (non-hydrogen) atoms. The Hall–Kier alpha value is -3.08. The summed E-state index contributed by atoms with van der Waals surface area (Å²) >= 11 is 0. The summed E-state index contributed by atoms with van der Waals surface area (Å²) in [5.41, 5.74) is 0.0549. The molecule has 1 N–H and O–H groups in total. The van der Waals surface area contributed by atoms with E-state index in [2.05, 4.69) is 4.98 Å². The standard InChI is InChI=1S/C20H16F6N4O/c21-19(22,23)12-3-5-13(6-4-12)30-8-1-2-14(30)10-29-9-7-16-15(11-29)17(31)28-18(27-16)20(24,25)26/h1-6,8H,7,9-11H2,(H,27,28,31). The van der Waals surface area contributed by atoms with Gasteiger partial charge in [-0.15, -0.1) is 0 Å². The summed E-state index contributed by atoms with van der Waals surface area (Å²) in [6.07, 6.45) is -7.26. The first-order valence-corrected chi connectivity index (χ1v) is 9.28. The van der Waals surface area contributed by atoms with Crippen molar-refractivity contribution in [1.29, 1.82) is 0 Å². The summed E-state index contributed by atoms with van der Waals surface area (Å²) in [5, 5.41) is 0. The second-order valence-corrected chi connectivity index (χ2v) is 7.21. The Labute approximate surface area is 172 Å².